The van der Waals surface area contributed by atoms with Gasteiger partial charge in [-0.05, 0) is 83.3 Å². The van der Waals surface area contributed by atoms with E-state index in [9.17, 15) is 14.7 Å². The summed E-state index contributed by atoms with van der Waals surface area (Å²) in [4.78, 5) is 42.8. The third-order valence-corrected chi connectivity index (χ3v) is 12.6. The van der Waals surface area contributed by atoms with Gasteiger partial charge < -0.3 is 30.4 Å². The number of carboxylic acid groups (broad SMARTS) is 1. The lowest BCUT2D eigenvalue weighted by atomic mass is 10.0. The molecule has 324 valence electrons. The number of benzene rings is 4. The van der Waals surface area contributed by atoms with Crippen molar-refractivity contribution in [2.24, 2.45) is 0 Å². The normalized spacial score (nSPS) is 14.7. The number of aromatic carboxylic acids is 1. The van der Waals surface area contributed by atoms with Gasteiger partial charge in [0.05, 0.1) is 22.5 Å². The number of nitrogens with zero attached hydrogens (tertiary/aromatic N) is 6. The van der Waals surface area contributed by atoms with E-state index < -0.39 is 5.97 Å². The Morgan fingerprint density at radius 1 is 0.635 bits per heavy atom. The fraction of sp³-hybridized carbons (Fsp3) is 0.250. The molecule has 1 saturated heterocycles. The van der Waals surface area contributed by atoms with Gasteiger partial charge in [-0.2, -0.15) is 0 Å². The average molecular weight is 925 g/mol. The predicted molar refractivity (Wildman–Crippen MR) is 255 cm³/mol. The highest BCUT2D eigenvalue weighted by atomic mass is 35.5. The minimum atomic E-state index is -0.964. The van der Waals surface area contributed by atoms with E-state index >= 15 is 0 Å². The molecular weight excluding hydrogens is 878 g/mol. The molecule has 11 nitrogen and oxygen atoms in total. The summed E-state index contributed by atoms with van der Waals surface area (Å²) in [6, 6.07) is 32.3. The molecule has 9 rings (SSSR count). The number of hydrogen-bond acceptors (Lipinski definition) is 9. The molecule has 3 aliphatic rings. The van der Waals surface area contributed by atoms with E-state index in [1.165, 1.54) is 5.56 Å². The molecule has 3 N–H and O–H groups in total. The first kappa shape index (κ1) is 44.1. The van der Waals surface area contributed by atoms with Gasteiger partial charge in [0, 0.05) is 110 Å². The standard InChI is InChI=1S/C27H29Cl2N5O.C21H17Cl2N3O2/c28-23-6-7-24(29)22(16-23)19-34-11-9-30-26-25(34)17-21(18-31-26)27(35)33-14-12-32(13-15-33)10-8-20-4-2-1-3-5-20;22-15-5-6-18(23)14(9-15)12-26-8-7-24-20-19(26)10-13(11-25-20)16-3-1-2-4-17(16)21(27)28/h1-7,16-18H,8-15,19H2,(H,30,31);1-6,9-11H,7-8,12H2,(H,24,25)(H,27,28). The third kappa shape index (κ3) is 10.8. The molecule has 1 amide bonds. The number of carbonyl (C=O) groups excluding carboxylic acids is 1. The zero-order chi connectivity index (χ0) is 43.9. The summed E-state index contributed by atoms with van der Waals surface area (Å²) in [5, 5.41) is 18.8. The fourth-order valence-electron chi connectivity index (χ4n) is 8.06. The van der Waals surface area contributed by atoms with Crippen molar-refractivity contribution in [3.8, 4) is 11.1 Å². The summed E-state index contributed by atoms with van der Waals surface area (Å²) < 4.78 is 0. The molecule has 0 bridgehead atoms. The summed E-state index contributed by atoms with van der Waals surface area (Å²) in [6.07, 6.45) is 4.41. The molecule has 15 heteroatoms. The van der Waals surface area contributed by atoms with E-state index in [2.05, 4.69) is 59.6 Å². The van der Waals surface area contributed by atoms with Gasteiger partial charge >= 0.3 is 5.97 Å². The summed E-state index contributed by atoms with van der Waals surface area (Å²) >= 11 is 25.1. The lowest BCUT2D eigenvalue weighted by Crippen LogP contribution is -2.49. The van der Waals surface area contributed by atoms with Gasteiger partial charge in [0.2, 0.25) is 0 Å². The first-order chi connectivity index (χ1) is 30.6. The second kappa shape index (κ2) is 20.3. The Morgan fingerprint density at radius 3 is 1.83 bits per heavy atom. The molecule has 0 aliphatic carbocycles. The Kier molecular flexibility index (Phi) is 14.2. The number of amides is 1. The SMILES string of the molecule is O=C(O)c1ccccc1-c1cnc2c(c1)N(Cc1cc(Cl)ccc1Cl)CCN2.O=C(c1cnc2c(c1)N(Cc1cc(Cl)ccc1Cl)CCN2)N1CCN(CCc2ccccc2)CC1. The molecule has 0 radical (unpaired) electrons. The van der Waals surface area contributed by atoms with Crippen LogP contribution in [0.5, 0.6) is 0 Å². The number of rotatable bonds is 10. The lowest BCUT2D eigenvalue weighted by Gasteiger charge is -2.35. The van der Waals surface area contributed by atoms with E-state index in [1.54, 1.807) is 48.8 Å². The second-order valence-corrected chi connectivity index (χ2v) is 17.3. The third-order valence-electron chi connectivity index (χ3n) is 11.4. The maximum atomic E-state index is 13.3. The van der Waals surface area contributed by atoms with Crippen molar-refractivity contribution in [2.75, 3.05) is 79.3 Å². The highest BCUT2D eigenvalue weighted by molar-refractivity contribution is 6.34. The van der Waals surface area contributed by atoms with Gasteiger partial charge in [0.1, 0.15) is 11.6 Å². The number of carboxylic acids is 1. The Morgan fingerprint density at radius 2 is 1.21 bits per heavy atom. The van der Waals surface area contributed by atoms with E-state index in [0.717, 1.165) is 105 Å². The van der Waals surface area contributed by atoms with Crippen molar-refractivity contribution in [1.29, 1.82) is 0 Å². The molecule has 3 aliphatic heterocycles. The van der Waals surface area contributed by atoms with Crippen LogP contribution in [-0.4, -0.2) is 95.7 Å². The Balaban J connectivity index is 0.000000177. The van der Waals surface area contributed by atoms with Crippen LogP contribution in [0.1, 0.15) is 37.4 Å². The average Bonchev–Trinajstić information content (AvgIpc) is 3.31. The maximum absolute atomic E-state index is 13.3. The fourth-order valence-corrected chi connectivity index (χ4v) is 8.81. The maximum Gasteiger partial charge on any atom is 0.336 e. The van der Waals surface area contributed by atoms with E-state index in [1.807, 2.05) is 47.4 Å². The zero-order valence-electron chi connectivity index (χ0n) is 34.4. The number of nitrogens with one attached hydrogen (secondary N) is 2. The van der Waals surface area contributed by atoms with Crippen LogP contribution in [-0.2, 0) is 19.5 Å². The van der Waals surface area contributed by atoms with Crippen LogP contribution in [0.4, 0.5) is 23.0 Å². The molecule has 4 aromatic carbocycles. The Bertz CT molecular complexity index is 2590. The molecule has 5 heterocycles. The van der Waals surface area contributed by atoms with Crippen LogP contribution in [0.2, 0.25) is 20.1 Å². The van der Waals surface area contributed by atoms with Crippen LogP contribution >= 0.6 is 46.4 Å². The van der Waals surface area contributed by atoms with Gasteiger partial charge in [-0.3, -0.25) is 9.69 Å². The molecule has 63 heavy (non-hydrogen) atoms. The largest absolute Gasteiger partial charge is 0.478 e. The number of halogens is 4. The van der Waals surface area contributed by atoms with Crippen LogP contribution in [0, 0.1) is 0 Å². The van der Waals surface area contributed by atoms with Crippen molar-refractivity contribution in [3.63, 3.8) is 0 Å². The number of pyridine rings is 2. The summed E-state index contributed by atoms with van der Waals surface area (Å²) in [7, 11) is 0. The van der Waals surface area contributed by atoms with Crippen molar-refractivity contribution in [1.82, 2.24) is 19.8 Å². The minimum Gasteiger partial charge on any atom is -0.478 e. The van der Waals surface area contributed by atoms with Crippen molar-refractivity contribution in [2.45, 2.75) is 19.5 Å². The molecule has 6 aromatic rings. The van der Waals surface area contributed by atoms with Crippen molar-refractivity contribution >= 4 is 81.3 Å². The van der Waals surface area contributed by atoms with Crippen LogP contribution in [0.3, 0.4) is 0 Å². The summed E-state index contributed by atoms with van der Waals surface area (Å²) in [5.41, 5.74) is 7.31. The van der Waals surface area contributed by atoms with E-state index in [-0.39, 0.29) is 11.5 Å². The van der Waals surface area contributed by atoms with Gasteiger partial charge in [-0.1, -0.05) is 94.9 Å². The highest BCUT2D eigenvalue weighted by Gasteiger charge is 2.26. The van der Waals surface area contributed by atoms with Crippen molar-refractivity contribution in [3.05, 3.63) is 163 Å². The minimum absolute atomic E-state index is 0.0364. The molecule has 0 atom stereocenters. The van der Waals surface area contributed by atoms with Gasteiger partial charge in [-0.15, -0.1) is 0 Å². The quantitative estimate of drug-likeness (QED) is 0.123. The number of piperazine rings is 1. The van der Waals surface area contributed by atoms with Gasteiger partial charge in [-0.25, -0.2) is 14.8 Å². The summed E-state index contributed by atoms with van der Waals surface area (Å²) in [6.45, 7) is 8.51. The van der Waals surface area contributed by atoms with E-state index in [4.69, 9.17) is 46.4 Å². The molecular formula is C48H46Cl4N8O3. The Hall–Kier alpha value is -5.56. The number of anilines is 4. The zero-order valence-corrected chi connectivity index (χ0v) is 37.4. The number of carbonyl (C=O) groups is 2. The van der Waals surface area contributed by atoms with Crippen LogP contribution in [0.25, 0.3) is 11.1 Å². The number of fused-ring (bicyclic) bond motifs is 2. The van der Waals surface area contributed by atoms with E-state index in [0.29, 0.717) is 44.3 Å². The number of aromatic nitrogens is 2. The molecule has 0 saturated carbocycles. The topological polar surface area (TPSA) is 117 Å². The van der Waals surface area contributed by atoms with Crippen molar-refractivity contribution < 1.29 is 14.7 Å². The summed E-state index contributed by atoms with van der Waals surface area (Å²) in [5.74, 6) is 0.626. The molecule has 1 fully saturated rings. The molecule has 2 aromatic heterocycles. The smallest absolute Gasteiger partial charge is 0.336 e. The molecule has 0 unspecified atom stereocenters. The highest BCUT2D eigenvalue weighted by Crippen LogP contribution is 2.36. The van der Waals surface area contributed by atoms with Crippen LogP contribution in [0.15, 0.2) is 116 Å². The number of hydrogen-bond donors (Lipinski definition) is 3. The molecule has 0 spiro atoms. The second-order valence-electron chi connectivity index (χ2n) is 15.6. The first-order valence-electron chi connectivity index (χ1n) is 20.8. The predicted octanol–water partition coefficient (Wildman–Crippen LogP) is 10.0. The Labute approximate surface area is 387 Å². The monoisotopic (exact) mass is 922 g/mol. The lowest BCUT2D eigenvalue weighted by molar-refractivity contribution is 0.0637. The van der Waals surface area contributed by atoms with Gasteiger partial charge in [0.25, 0.3) is 5.91 Å². The first-order valence-corrected chi connectivity index (χ1v) is 22.3. The van der Waals surface area contributed by atoms with Gasteiger partial charge in [0.15, 0.2) is 0 Å². The van der Waals surface area contributed by atoms with Crippen LogP contribution < -0.4 is 20.4 Å².